The number of piperidine rings is 1. The quantitative estimate of drug-likeness (QED) is 0.635. The van der Waals surface area contributed by atoms with E-state index >= 15 is 0 Å². The second kappa shape index (κ2) is 6.39. The molecule has 0 aromatic heterocycles. The number of hydrogen-bond donors (Lipinski definition) is 2. The van der Waals surface area contributed by atoms with Crippen molar-refractivity contribution in [2.45, 2.75) is 33.1 Å². The van der Waals surface area contributed by atoms with Gasteiger partial charge < -0.3 is 10.6 Å². The van der Waals surface area contributed by atoms with Gasteiger partial charge in [-0.2, -0.15) is 0 Å². The van der Waals surface area contributed by atoms with Gasteiger partial charge in [-0.05, 0) is 57.3 Å². The average molecular weight is 184 g/mol. The molecule has 2 atom stereocenters. The van der Waals surface area contributed by atoms with Crippen molar-refractivity contribution in [1.82, 2.24) is 10.6 Å². The fraction of sp³-hybridized carbons (Fsp3) is 1.00. The molecule has 2 N–H and O–H groups in total. The van der Waals surface area contributed by atoms with Crippen LogP contribution < -0.4 is 10.6 Å². The van der Waals surface area contributed by atoms with E-state index in [1.807, 2.05) is 0 Å². The van der Waals surface area contributed by atoms with Gasteiger partial charge in [0.05, 0.1) is 0 Å². The van der Waals surface area contributed by atoms with Crippen LogP contribution in [0.3, 0.4) is 0 Å². The van der Waals surface area contributed by atoms with Crippen molar-refractivity contribution >= 4 is 0 Å². The lowest BCUT2D eigenvalue weighted by Crippen LogP contribution is -2.34. The Morgan fingerprint density at radius 3 is 3.00 bits per heavy atom. The molecule has 1 aliphatic rings. The maximum Gasteiger partial charge on any atom is -0.00180 e. The standard InChI is InChI=1S/C11H24N2/c1-3-12-8-6-10(2)11-5-4-7-13-9-11/h10-13H,3-9H2,1-2H3. The molecular weight excluding hydrogens is 160 g/mol. The minimum atomic E-state index is 0.881. The van der Waals surface area contributed by atoms with Crippen LogP contribution in [-0.2, 0) is 0 Å². The highest BCUT2D eigenvalue weighted by Crippen LogP contribution is 2.21. The van der Waals surface area contributed by atoms with Gasteiger partial charge in [0, 0.05) is 0 Å². The SMILES string of the molecule is CCNCCC(C)C1CCCNC1. The Kier molecular flexibility index (Phi) is 5.40. The van der Waals surface area contributed by atoms with Gasteiger partial charge in [0.2, 0.25) is 0 Å². The van der Waals surface area contributed by atoms with Crippen LogP contribution in [0, 0.1) is 11.8 Å². The van der Waals surface area contributed by atoms with Crippen LogP contribution in [0.1, 0.15) is 33.1 Å². The Morgan fingerprint density at radius 2 is 2.38 bits per heavy atom. The Labute approximate surface area is 82.5 Å². The zero-order valence-corrected chi connectivity index (χ0v) is 9.10. The molecule has 1 fully saturated rings. The monoisotopic (exact) mass is 184 g/mol. The van der Waals surface area contributed by atoms with E-state index in [0.717, 1.165) is 18.4 Å². The molecule has 2 unspecified atom stereocenters. The van der Waals surface area contributed by atoms with Crippen molar-refractivity contribution in [3.63, 3.8) is 0 Å². The largest absolute Gasteiger partial charge is 0.317 e. The highest BCUT2D eigenvalue weighted by atomic mass is 14.9. The summed E-state index contributed by atoms with van der Waals surface area (Å²) in [5.74, 6) is 1.80. The van der Waals surface area contributed by atoms with Gasteiger partial charge in [-0.3, -0.25) is 0 Å². The Morgan fingerprint density at radius 1 is 1.54 bits per heavy atom. The summed E-state index contributed by atoms with van der Waals surface area (Å²) in [5.41, 5.74) is 0. The molecule has 0 aromatic carbocycles. The molecular formula is C11H24N2. The second-order valence-electron chi connectivity index (χ2n) is 4.23. The van der Waals surface area contributed by atoms with E-state index in [4.69, 9.17) is 0 Å². The molecule has 13 heavy (non-hydrogen) atoms. The number of rotatable bonds is 5. The third kappa shape index (κ3) is 4.10. The molecule has 1 rings (SSSR count). The molecule has 0 radical (unpaired) electrons. The van der Waals surface area contributed by atoms with Crippen molar-refractivity contribution in [3.8, 4) is 0 Å². The van der Waals surface area contributed by atoms with E-state index in [-0.39, 0.29) is 0 Å². The third-order valence-electron chi connectivity index (χ3n) is 3.17. The summed E-state index contributed by atoms with van der Waals surface area (Å²) >= 11 is 0. The predicted molar refractivity (Wildman–Crippen MR) is 57.9 cm³/mol. The van der Waals surface area contributed by atoms with E-state index < -0.39 is 0 Å². The van der Waals surface area contributed by atoms with Crippen LogP contribution >= 0.6 is 0 Å². The third-order valence-corrected chi connectivity index (χ3v) is 3.17. The molecule has 2 heteroatoms. The van der Waals surface area contributed by atoms with Crippen molar-refractivity contribution in [2.24, 2.45) is 11.8 Å². The molecule has 0 aromatic rings. The van der Waals surface area contributed by atoms with Crippen molar-refractivity contribution < 1.29 is 0 Å². The van der Waals surface area contributed by atoms with E-state index in [9.17, 15) is 0 Å². The van der Waals surface area contributed by atoms with Crippen LogP contribution in [0.15, 0.2) is 0 Å². The van der Waals surface area contributed by atoms with E-state index in [0.29, 0.717) is 0 Å². The Bertz CT molecular complexity index is 119. The van der Waals surface area contributed by atoms with Gasteiger partial charge in [0.15, 0.2) is 0 Å². The molecule has 1 aliphatic heterocycles. The lowest BCUT2D eigenvalue weighted by Gasteiger charge is -2.28. The summed E-state index contributed by atoms with van der Waals surface area (Å²) in [6.45, 7) is 9.34. The summed E-state index contributed by atoms with van der Waals surface area (Å²) < 4.78 is 0. The Balaban J connectivity index is 2.09. The minimum absolute atomic E-state index is 0.881. The van der Waals surface area contributed by atoms with Gasteiger partial charge in [-0.25, -0.2) is 0 Å². The molecule has 1 heterocycles. The van der Waals surface area contributed by atoms with Gasteiger partial charge in [-0.1, -0.05) is 13.8 Å². The van der Waals surface area contributed by atoms with Gasteiger partial charge in [0.25, 0.3) is 0 Å². The minimum Gasteiger partial charge on any atom is -0.317 e. The first-order chi connectivity index (χ1) is 6.34. The first kappa shape index (κ1) is 11.0. The number of nitrogens with one attached hydrogen (secondary N) is 2. The van der Waals surface area contributed by atoms with Gasteiger partial charge >= 0.3 is 0 Å². The second-order valence-corrected chi connectivity index (χ2v) is 4.23. The van der Waals surface area contributed by atoms with Crippen molar-refractivity contribution in [3.05, 3.63) is 0 Å². The molecule has 2 nitrogen and oxygen atoms in total. The average Bonchev–Trinajstić information content (AvgIpc) is 2.19. The van der Waals surface area contributed by atoms with Crippen LogP contribution in [0.2, 0.25) is 0 Å². The highest BCUT2D eigenvalue weighted by molar-refractivity contribution is 4.74. The number of hydrogen-bond acceptors (Lipinski definition) is 2. The zero-order chi connectivity index (χ0) is 9.52. The van der Waals surface area contributed by atoms with Gasteiger partial charge in [0.1, 0.15) is 0 Å². The first-order valence-electron chi connectivity index (χ1n) is 5.76. The van der Waals surface area contributed by atoms with E-state index in [1.165, 1.54) is 38.9 Å². The summed E-state index contributed by atoms with van der Waals surface area (Å²) in [6, 6.07) is 0. The fourth-order valence-corrected chi connectivity index (χ4v) is 2.11. The maximum atomic E-state index is 3.49. The van der Waals surface area contributed by atoms with Gasteiger partial charge in [-0.15, -0.1) is 0 Å². The smallest absolute Gasteiger partial charge is 0.00180 e. The van der Waals surface area contributed by atoms with Crippen LogP contribution in [-0.4, -0.2) is 26.2 Å². The predicted octanol–water partition coefficient (Wildman–Crippen LogP) is 1.62. The lowest BCUT2D eigenvalue weighted by molar-refractivity contribution is 0.266. The molecule has 1 saturated heterocycles. The molecule has 0 spiro atoms. The zero-order valence-electron chi connectivity index (χ0n) is 9.10. The topological polar surface area (TPSA) is 24.1 Å². The van der Waals surface area contributed by atoms with Crippen LogP contribution in [0.25, 0.3) is 0 Å². The lowest BCUT2D eigenvalue weighted by atomic mass is 9.85. The molecule has 0 aliphatic carbocycles. The van der Waals surface area contributed by atoms with Crippen LogP contribution in [0.5, 0.6) is 0 Å². The van der Waals surface area contributed by atoms with E-state index in [1.54, 1.807) is 0 Å². The molecule has 0 saturated carbocycles. The normalized spacial score (nSPS) is 25.8. The highest BCUT2D eigenvalue weighted by Gasteiger charge is 2.18. The summed E-state index contributed by atoms with van der Waals surface area (Å²) in [5, 5.41) is 6.88. The summed E-state index contributed by atoms with van der Waals surface area (Å²) in [6.07, 6.45) is 4.14. The molecule has 78 valence electrons. The molecule has 0 amide bonds. The molecule has 0 bridgehead atoms. The van der Waals surface area contributed by atoms with Crippen LogP contribution in [0.4, 0.5) is 0 Å². The Hall–Kier alpha value is -0.0800. The van der Waals surface area contributed by atoms with Crippen molar-refractivity contribution in [1.29, 1.82) is 0 Å². The summed E-state index contributed by atoms with van der Waals surface area (Å²) in [4.78, 5) is 0. The van der Waals surface area contributed by atoms with Crippen molar-refractivity contribution in [2.75, 3.05) is 26.2 Å². The van der Waals surface area contributed by atoms with E-state index in [2.05, 4.69) is 24.5 Å². The summed E-state index contributed by atoms with van der Waals surface area (Å²) in [7, 11) is 0. The maximum absolute atomic E-state index is 3.49. The first-order valence-corrected chi connectivity index (χ1v) is 5.76. The fourth-order valence-electron chi connectivity index (χ4n) is 2.11.